The number of rotatable bonds is 10. The van der Waals surface area contributed by atoms with Gasteiger partial charge in [-0.25, -0.2) is 0 Å². The van der Waals surface area contributed by atoms with Crippen LogP contribution in [0.2, 0.25) is 0 Å². The highest BCUT2D eigenvalue weighted by Crippen LogP contribution is 2.27. The molecule has 190 valence electrons. The number of nitrogens with zero attached hydrogens (tertiary/aromatic N) is 1. The number of hydrogen-bond donors (Lipinski definition) is 1. The van der Waals surface area contributed by atoms with Gasteiger partial charge in [0.15, 0.2) is 0 Å². The van der Waals surface area contributed by atoms with E-state index in [9.17, 15) is 4.79 Å². The van der Waals surface area contributed by atoms with Crippen molar-refractivity contribution in [3.8, 4) is 11.5 Å². The Labute approximate surface area is 221 Å². The third-order valence-electron chi connectivity index (χ3n) is 6.05. The number of aliphatic imine (C=N–C) groups is 1. The van der Waals surface area contributed by atoms with Crippen molar-refractivity contribution < 1.29 is 9.53 Å². The van der Waals surface area contributed by atoms with Crippen LogP contribution in [-0.2, 0) is 0 Å². The van der Waals surface area contributed by atoms with Gasteiger partial charge in [0.1, 0.15) is 11.5 Å². The van der Waals surface area contributed by atoms with Crippen LogP contribution in [-0.4, -0.2) is 11.6 Å². The van der Waals surface area contributed by atoms with Gasteiger partial charge in [0.2, 0.25) is 0 Å². The smallest absolute Gasteiger partial charge is 0.255 e. The van der Waals surface area contributed by atoms with E-state index in [0.717, 1.165) is 46.1 Å². The van der Waals surface area contributed by atoms with Crippen LogP contribution in [0.1, 0.15) is 55.6 Å². The predicted octanol–water partition coefficient (Wildman–Crippen LogP) is 8.72. The van der Waals surface area contributed by atoms with Crippen LogP contribution in [0.15, 0.2) is 114 Å². The summed E-state index contributed by atoms with van der Waals surface area (Å²) < 4.78 is 6.07. The summed E-state index contributed by atoms with van der Waals surface area (Å²) in [5, 5.41) is 2.97. The molecule has 0 radical (unpaired) electrons. The van der Waals surface area contributed by atoms with E-state index in [0.29, 0.717) is 5.56 Å². The van der Waals surface area contributed by atoms with Crippen LogP contribution in [0.25, 0.3) is 0 Å². The molecule has 4 heteroatoms. The number of benzene rings is 3. The number of carbonyl (C=O) groups is 1. The van der Waals surface area contributed by atoms with Gasteiger partial charge in [-0.15, -0.1) is 0 Å². The number of hydrogen-bond acceptors (Lipinski definition) is 3. The SMILES string of the molecule is C\C=C/C=C\C(=C\C)NC(=O)c1ccc(C)c(N=C(c2cccc(Oc3ccccc3)c2)C(C)CC)c1. The Morgan fingerprint density at radius 2 is 1.70 bits per heavy atom. The van der Waals surface area contributed by atoms with Gasteiger partial charge < -0.3 is 10.1 Å². The number of para-hydroxylation sites is 1. The molecule has 1 atom stereocenters. The second kappa shape index (κ2) is 13.8. The Kier molecular flexibility index (Phi) is 10.2. The van der Waals surface area contributed by atoms with E-state index in [1.54, 1.807) is 0 Å². The minimum absolute atomic E-state index is 0.168. The lowest BCUT2D eigenvalue weighted by Crippen LogP contribution is -2.21. The molecule has 1 amide bonds. The monoisotopic (exact) mass is 492 g/mol. The second-order valence-electron chi connectivity index (χ2n) is 8.83. The molecule has 0 fully saturated rings. The summed E-state index contributed by atoms with van der Waals surface area (Å²) >= 11 is 0. The lowest BCUT2D eigenvalue weighted by molar-refractivity contribution is 0.0967. The maximum atomic E-state index is 13.0. The van der Waals surface area contributed by atoms with Crippen LogP contribution in [0.4, 0.5) is 5.69 Å². The number of nitrogens with one attached hydrogen (secondary N) is 1. The van der Waals surface area contributed by atoms with Gasteiger partial charge in [-0.1, -0.05) is 74.5 Å². The van der Waals surface area contributed by atoms with E-state index in [4.69, 9.17) is 9.73 Å². The molecule has 3 aromatic carbocycles. The van der Waals surface area contributed by atoms with Crippen LogP contribution in [0, 0.1) is 12.8 Å². The zero-order valence-corrected chi connectivity index (χ0v) is 22.4. The van der Waals surface area contributed by atoms with Gasteiger partial charge in [-0.05, 0) is 86.7 Å². The highest BCUT2D eigenvalue weighted by atomic mass is 16.5. The summed E-state index contributed by atoms with van der Waals surface area (Å²) in [7, 11) is 0. The van der Waals surface area contributed by atoms with Gasteiger partial charge >= 0.3 is 0 Å². The minimum atomic E-state index is -0.168. The summed E-state index contributed by atoms with van der Waals surface area (Å²) in [5.41, 5.74) is 5.06. The Bertz CT molecular complexity index is 1320. The standard InChI is InChI=1S/C33H36N2O2/c1-6-9-11-16-28(8-3)34-33(36)27-21-20-25(5)31(23-27)35-32(24(4)7-2)26-15-14-19-30(22-26)37-29-17-12-10-13-18-29/h6,8-24H,7H2,1-5H3,(H,34,36)/b9-6-,16-11-,28-8-,35-32?. The quantitative estimate of drug-likeness (QED) is 0.227. The molecular formula is C33H36N2O2. The molecule has 0 saturated heterocycles. The first-order valence-corrected chi connectivity index (χ1v) is 12.7. The van der Waals surface area contributed by atoms with Crippen molar-refractivity contribution in [3.05, 3.63) is 126 Å². The Morgan fingerprint density at radius 3 is 2.41 bits per heavy atom. The number of ether oxygens (including phenoxy) is 1. The fraction of sp³-hybridized carbons (Fsp3) is 0.212. The fourth-order valence-electron chi connectivity index (χ4n) is 3.68. The van der Waals surface area contributed by atoms with Crippen LogP contribution in [0.5, 0.6) is 11.5 Å². The van der Waals surface area contributed by atoms with Crippen molar-refractivity contribution in [1.82, 2.24) is 5.32 Å². The van der Waals surface area contributed by atoms with Gasteiger partial charge in [-0.2, -0.15) is 0 Å². The van der Waals surface area contributed by atoms with Gasteiger partial charge in [0.25, 0.3) is 5.91 Å². The number of allylic oxidation sites excluding steroid dienone is 5. The van der Waals surface area contributed by atoms with E-state index >= 15 is 0 Å². The lowest BCUT2D eigenvalue weighted by atomic mass is 9.95. The van der Waals surface area contributed by atoms with Crippen molar-refractivity contribution in [2.45, 2.75) is 41.0 Å². The largest absolute Gasteiger partial charge is 0.457 e. The highest BCUT2D eigenvalue weighted by molar-refractivity contribution is 6.04. The summed E-state index contributed by atoms with van der Waals surface area (Å²) in [6, 6.07) is 23.4. The number of aryl methyl sites for hydroxylation is 1. The van der Waals surface area contributed by atoms with Crippen LogP contribution < -0.4 is 10.1 Å². The number of carbonyl (C=O) groups excluding carboxylic acids is 1. The maximum absolute atomic E-state index is 13.0. The molecule has 0 aliphatic carbocycles. The van der Waals surface area contributed by atoms with Crippen molar-refractivity contribution in [3.63, 3.8) is 0 Å². The minimum Gasteiger partial charge on any atom is -0.457 e. The molecule has 0 spiro atoms. The molecule has 0 aliphatic rings. The molecule has 0 aromatic heterocycles. The van der Waals surface area contributed by atoms with E-state index in [1.165, 1.54) is 0 Å². The van der Waals surface area contributed by atoms with Crippen molar-refractivity contribution in [2.75, 3.05) is 0 Å². The number of amides is 1. The summed E-state index contributed by atoms with van der Waals surface area (Å²) in [5.74, 6) is 1.60. The first-order chi connectivity index (χ1) is 17.9. The van der Waals surface area contributed by atoms with Crippen LogP contribution >= 0.6 is 0 Å². The second-order valence-corrected chi connectivity index (χ2v) is 8.83. The summed E-state index contributed by atoms with van der Waals surface area (Å²) in [4.78, 5) is 18.1. The highest BCUT2D eigenvalue weighted by Gasteiger charge is 2.15. The van der Waals surface area contributed by atoms with E-state index in [2.05, 4.69) is 25.2 Å². The average molecular weight is 493 g/mol. The molecular weight excluding hydrogens is 456 g/mol. The normalized spacial score (nSPS) is 13.2. The van der Waals surface area contributed by atoms with Gasteiger partial charge in [0, 0.05) is 11.3 Å². The lowest BCUT2D eigenvalue weighted by Gasteiger charge is -2.16. The maximum Gasteiger partial charge on any atom is 0.255 e. The molecule has 3 rings (SSSR count). The van der Waals surface area contributed by atoms with Crippen molar-refractivity contribution >= 4 is 17.3 Å². The van der Waals surface area contributed by atoms with Crippen molar-refractivity contribution in [2.24, 2.45) is 10.9 Å². The first kappa shape index (κ1) is 27.4. The molecule has 3 aromatic rings. The predicted molar refractivity (Wildman–Crippen MR) is 155 cm³/mol. The molecule has 37 heavy (non-hydrogen) atoms. The third kappa shape index (κ3) is 7.91. The van der Waals surface area contributed by atoms with E-state index < -0.39 is 0 Å². The first-order valence-electron chi connectivity index (χ1n) is 12.7. The van der Waals surface area contributed by atoms with Crippen molar-refractivity contribution in [1.29, 1.82) is 0 Å². The average Bonchev–Trinajstić information content (AvgIpc) is 2.92. The Hall–Kier alpha value is -4.18. The van der Waals surface area contributed by atoms with E-state index in [1.807, 2.05) is 118 Å². The van der Waals surface area contributed by atoms with Gasteiger partial charge in [-0.3, -0.25) is 9.79 Å². The molecule has 4 nitrogen and oxygen atoms in total. The summed E-state index contributed by atoms with van der Waals surface area (Å²) in [6.07, 6.45) is 10.4. The third-order valence-corrected chi connectivity index (χ3v) is 6.05. The molecule has 1 unspecified atom stereocenters. The molecule has 1 N–H and O–H groups in total. The van der Waals surface area contributed by atoms with Gasteiger partial charge in [0.05, 0.1) is 11.4 Å². The molecule has 0 heterocycles. The zero-order chi connectivity index (χ0) is 26.6. The Morgan fingerprint density at radius 1 is 0.946 bits per heavy atom. The Balaban J connectivity index is 1.94. The fourth-order valence-corrected chi connectivity index (χ4v) is 3.68. The van der Waals surface area contributed by atoms with Crippen LogP contribution in [0.3, 0.4) is 0 Å². The topological polar surface area (TPSA) is 50.7 Å². The molecule has 0 aliphatic heterocycles. The van der Waals surface area contributed by atoms with E-state index in [-0.39, 0.29) is 11.8 Å². The zero-order valence-electron chi connectivity index (χ0n) is 22.4. The summed E-state index contributed by atoms with van der Waals surface area (Å²) in [6.45, 7) is 10.2. The molecule has 0 saturated carbocycles. The molecule has 0 bridgehead atoms.